The fourth-order valence-electron chi connectivity index (χ4n) is 2.72. The molecule has 2 amide bonds. The maximum atomic E-state index is 12.9. The summed E-state index contributed by atoms with van der Waals surface area (Å²) >= 11 is 0. The van der Waals surface area contributed by atoms with Gasteiger partial charge in [0.15, 0.2) is 6.61 Å². The molecule has 2 N–H and O–H groups in total. The van der Waals surface area contributed by atoms with Gasteiger partial charge in [-0.1, -0.05) is 29.8 Å². The molecule has 3 aromatic carbocycles. The summed E-state index contributed by atoms with van der Waals surface area (Å²) in [6.07, 6.45) is 1.44. The number of carbonyl (C=O) groups excluding carboxylic acids is 2. The van der Waals surface area contributed by atoms with Gasteiger partial charge in [-0.15, -0.1) is 0 Å². The largest absolute Gasteiger partial charge is 0.484 e. The van der Waals surface area contributed by atoms with Crippen molar-refractivity contribution >= 4 is 29.3 Å². The summed E-state index contributed by atoms with van der Waals surface area (Å²) in [6.45, 7) is 1.68. The Morgan fingerprint density at radius 2 is 1.66 bits per heavy atom. The number of nitrogens with one attached hydrogen (secondary N) is 2. The molecule has 0 saturated heterocycles. The molecular weight excluding hydrogens is 409 g/mol. The number of halogens is 1. The van der Waals surface area contributed by atoms with Gasteiger partial charge in [-0.25, -0.2) is 4.39 Å². The Morgan fingerprint density at radius 3 is 2.34 bits per heavy atom. The highest BCUT2D eigenvalue weighted by atomic mass is 19.1. The highest BCUT2D eigenvalue weighted by Gasteiger charge is 2.10. The van der Waals surface area contributed by atoms with Crippen LogP contribution < -0.4 is 15.4 Å². The van der Waals surface area contributed by atoms with Gasteiger partial charge in [0.05, 0.1) is 0 Å². The summed E-state index contributed by atoms with van der Waals surface area (Å²) in [6, 6.07) is 21.2. The molecule has 0 aliphatic rings. The van der Waals surface area contributed by atoms with Gasteiger partial charge < -0.3 is 15.4 Å². The standard InChI is InChI=1S/C25H20FN3O3/c1-17-5-9-22(10-6-17)29-25(31)19(15-27)13-18-3-2-4-23(14-18)32-16-24(30)28-21-11-7-20(26)8-12-21/h2-14H,16H2,1H3,(H,28,30)(H,29,31)/b19-13-. The van der Waals surface area contributed by atoms with E-state index in [0.29, 0.717) is 22.7 Å². The zero-order valence-corrected chi connectivity index (χ0v) is 17.3. The number of aryl methyl sites for hydroxylation is 1. The van der Waals surface area contributed by atoms with Crippen LogP contribution in [0.5, 0.6) is 5.75 Å². The minimum atomic E-state index is -0.527. The Hall–Kier alpha value is -4.44. The van der Waals surface area contributed by atoms with Gasteiger partial charge in [0, 0.05) is 11.4 Å². The fourth-order valence-corrected chi connectivity index (χ4v) is 2.72. The molecule has 0 atom stereocenters. The maximum Gasteiger partial charge on any atom is 0.266 e. The molecule has 6 nitrogen and oxygen atoms in total. The number of hydrogen-bond acceptors (Lipinski definition) is 4. The molecular formula is C25H20FN3O3. The van der Waals surface area contributed by atoms with E-state index in [1.165, 1.54) is 30.3 Å². The zero-order chi connectivity index (χ0) is 22.9. The van der Waals surface area contributed by atoms with Crippen molar-refractivity contribution in [3.63, 3.8) is 0 Å². The number of ether oxygens (including phenoxy) is 1. The minimum Gasteiger partial charge on any atom is -0.484 e. The van der Waals surface area contributed by atoms with Gasteiger partial charge in [-0.3, -0.25) is 9.59 Å². The van der Waals surface area contributed by atoms with Crippen LogP contribution in [0.1, 0.15) is 11.1 Å². The Balaban J connectivity index is 1.62. The van der Waals surface area contributed by atoms with Crippen molar-refractivity contribution < 1.29 is 18.7 Å². The third-order valence-corrected chi connectivity index (χ3v) is 4.34. The molecule has 0 saturated carbocycles. The smallest absolute Gasteiger partial charge is 0.266 e. The molecule has 3 aromatic rings. The minimum absolute atomic E-state index is 0.0724. The van der Waals surface area contributed by atoms with Crippen molar-refractivity contribution in [3.05, 3.63) is 95.3 Å². The van der Waals surface area contributed by atoms with Gasteiger partial charge in [0.1, 0.15) is 23.2 Å². The van der Waals surface area contributed by atoms with Gasteiger partial charge in [-0.05, 0) is 67.1 Å². The first kappa shape index (κ1) is 22.2. The molecule has 0 spiro atoms. The molecule has 0 aliphatic carbocycles. The molecule has 0 heterocycles. The summed E-state index contributed by atoms with van der Waals surface area (Å²) in [5, 5.41) is 14.7. The first-order valence-corrected chi connectivity index (χ1v) is 9.71. The average Bonchev–Trinajstić information content (AvgIpc) is 2.79. The van der Waals surface area contributed by atoms with E-state index in [0.717, 1.165) is 5.56 Å². The number of nitrogens with zero attached hydrogens (tertiary/aromatic N) is 1. The number of hydrogen-bond donors (Lipinski definition) is 2. The molecule has 0 aliphatic heterocycles. The van der Waals surface area contributed by atoms with Crippen molar-refractivity contribution in [2.75, 3.05) is 17.2 Å². The second-order valence-corrected chi connectivity index (χ2v) is 6.91. The first-order valence-electron chi connectivity index (χ1n) is 9.71. The van der Waals surface area contributed by atoms with Crippen LogP contribution in [0.4, 0.5) is 15.8 Å². The van der Waals surface area contributed by atoms with Gasteiger partial charge in [0.2, 0.25) is 0 Å². The Morgan fingerprint density at radius 1 is 1.00 bits per heavy atom. The maximum absolute atomic E-state index is 12.9. The van der Waals surface area contributed by atoms with Crippen LogP contribution in [0.3, 0.4) is 0 Å². The van der Waals surface area contributed by atoms with Gasteiger partial charge in [0.25, 0.3) is 11.8 Å². The van der Waals surface area contributed by atoms with Crippen molar-refractivity contribution in [1.82, 2.24) is 0 Å². The second-order valence-electron chi connectivity index (χ2n) is 6.91. The summed E-state index contributed by atoms with van der Waals surface area (Å²) in [4.78, 5) is 24.4. The topological polar surface area (TPSA) is 91.2 Å². The molecule has 0 bridgehead atoms. The summed E-state index contributed by atoms with van der Waals surface area (Å²) in [7, 11) is 0. The normalized spacial score (nSPS) is 10.7. The first-order chi connectivity index (χ1) is 15.4. The number of carbonyl (C=O) groups is 2. The molecule has 0 radical (unpaired) electrons. The van der Waals surface area contributed by atoms with Crippen LogP contribution in [0, 0.1) is 24.1 Å². The molecule has 7 heteroatoms. The van der Waals surface area contributed by atoms with E-state index >= 15 is 0 Å². The van der Waals surface area contributed by atoms with E-state index in [2.05, 4.69) is 10.6 Å². The molecule has 0 fully saturated rings. The van der Waals surface area contributed by atoms with Crippen molar-refractivity contribution in [3.8, 4) is 11.8 Å². The van der Waals surface area contributed by atoms with Gasteiger partial charge >= 0.3 is 0 Å². The number of nitriles is 1. The van der Waals surface area contributed by atoms with E-state index in [1.54, 1.807) is 36.4 Å². The quantitative estimate of drug-likeness (QED) is 0.421. The molecule has 32 heavy (non-hydrogen) atoms. The van der Waals surface area contributed by atoms with Crippen molar-refractivity contribution in [1.29, 1.82) is 5.26 Å². The van der Waals surface area contributed by atoms with Crippen LogP contribution in [-0.2, 0) is 9.59 Å². The summed E-state index contributed by atoms with van der Waals surface area (Å²) in [5.41, 5.74) is 2.59. The molecule has 160 valence electrons. The zero-order valence-electron chi connectivity index (χ0n) is 17.3. The fraction of sp³-hybridized carbons (Fsp3) is 0.0800. The third kappa shape index (κ3) is 6.54. The predicted octanol–water partition coefficient (Wildman–Crippen LogP) is 4.70. The van der Waals surface area contributed by atoms with E-state index in [9.17, 15) is 19.2 Å². The molecule has 0 aromatic heterocycles. The second kappa shape index (κ2) is 10.5. The highest BCUT2D eigenvalue weighted by molar-refractivity contribution is 6.09. The van der Waals surface area contributed by atoms with E-state index < -0.39 is 17.6 Å². The lowest BCUT2D eigenvalue weighted by Crippen LogP contribution is -2.20. The van der Waals surface area contributed by atoms with Crippen LogP contribution in [0.2, 0.25) is 0 Å². The van der Waals surface area contributed by atoms with Crippen LogP contribution >= 0.6 is 0 Å². The SMILES string of the molecule is Cc1ccc(NC(=O)/C(C#N)=C\c2cccc(OCC(=O)Nc3ccc(F)cc3)c2)cc1. The van der Waals surface area contributed by atoms with Crippen LogP contribution in [0.15, 0.2) is 78.4 Å². The van der Waals surface area contributed by atoms with Crippen molar-refractivity contribution in [2.45, 2.75) is 6.92 Å². The lowest BCUT2D eigenvalue weighted by Gasteiger charge is -2.08. The summed E-state index contributed by atoms with van der Waals surface area (Å²) in [5.74, 6) is -0.938. The predicted molar refractivity (Wildman–Crippen MR) is 120 cm³/mol. The number of benzene rings is 3. The van der Waals surface area contributed by atoms with E-state index in [-0.39, 0.29) is 12.2 Å². The van der Waals surface area contributed by atoms with Gasteiger partial charge in [-0.2, -0.15) is 5.26 Å². The molecule has 3 rings (SSSR count). The Kier molecular flexibility index (Phi) is 7.33. The van der Waals surface area contributed by atoms with Crippen molar-refractivity contribution in [2.24, 2.45) is 0 Å². The third-order valence-electron chi connectivity index (χ3n) is 4.34. The number of rotatable bonds is 7. The van der Waals surface area contributed by atoms with Crippen LogP contribution in [-0.4, -0.2) is 18.4 Å². The lowest BCUT2D eigenvalue weighted by molar-refractivity contribution is -0.118. The monoisotopic (exact) mass is 429 g/mol. The number of amides is 2. The summed E-state index contributed by atoms with van der Waals surface area (Å²) < 4.78 is 18.4. The molecule has 0 unspecified atom stereocenters. The lowest BCUT2D eigenvalue weighted by atomic mass is 10.1. The Bertz CT molecular complexity index is 1180. The highest BCUT2D eigenvalue weighted by Crippen LogP contribution is 2.17. The number of anilines is 2. The van der Waals surface area contributed by atoms with E-state index in [1.807, 2.05) is 25.1 Å². The average molecular weight is 429 g/mol. The van der Waals surface area contributed by atoms with Crippen LogP contribution in [0.25, 0.3) is 6.08 Å². The van der Waals surface area contributed by atoms with E-state index in [4.69, 9.17) is 4.74 Å². The Labute approximate surface area is 185 Å².